The average molecular weight is 396 g/mol. The van der Waals surface area contributed by atoms with E-state index in [0.29, 0.717) is 31.5 Å². The Balaban J connectivity index is 2.25. The molecule has 0 unspecified atom stereocenters. The van der Waals surface area contributed by atoms with Crippen LogP contribution in [0.25, 0.3) is 16.9 Å². The van der Waals surface area contributed by atoms with Gasteiger partial charge in [-0.05, 0) is 46.3 Å². The summed E-state index contributed by atoms with van der Waals surface area (Å²) in [5.41, 5.74) is 2.36. The predicted octanol–water partition coefficient (Wildman–Crippen LogP) is 5.42. The number of rotatable bonds is 3. The summed E-state index contributed by atoms with van der Waals surface area (Å²) in [5.74, 6) is 0. The maximum Gasteiger partial charge on any atom is 0.155 e. The van der Waals surface area contributed by atoms with Crippen molar-refractivity contribution in [2.45, 2.75) is 0 Å². The summed E-state index contributed by atoms with van der Waals surface area (Å²) in [6, 6.07) is 14.6. The number of hydrogen-bond donors (Lipinski definition) is 0. The molecule has 1 aromatic heterocycles. The first kappa shape index (κ1) is 15.3. The van der Waals surface area contributed by atoms with Crippen LogP contribution in [0.2, 0.25) is 10.0 Å². The molecule has 22 heavy (non-hydrogen) atoms. The van der Waals surface area contributed by atoms with Gasteiger partial charge in [-0.15, -0.1) is 0 Å². The van der Waals surface area contributed by atoms with Gasteiger partial charge in [0.05, 0.1) is 16.3 Å². The Labute approximate surface area is 145 Å². The molecule has 0 bridgehead atoms. The third-order valence-electron chi connectivity index (χ3n) is 3.17. The van der Waals surface area contributed by atoms with Crippen LogP contribution in [-0.4, -0.2) is 16.1 Å². The third-order valence-corrected chi connectivity index (χ3v) is 4.49. The second-order valence-electron chi connectivity index (χ2n) is 4.54. The van der Waals surface area contributed by atoms with Crippen molar-refractivity contribution in [3.8, 4) is 16.9 Å². The van der Waals surface area contributed by atoms with Crippen LogP contribution in [0.4, 0.5) is 0 Å². The Morgan fingerprint density at radius 1 is 1.09 bits per heavy atom. The van der Waals surface area contributed by atoms with Crippen LogP contribution in [0.3, 0.4) is 0 Å². The molecule has 3 aromatic rings. The highest BCUT2D eigenvalue weighted by atomic mass is 79.9. The number of nitrogens with zero attached hydrogens (tertiary/aromatic N) is 2. The number of aldehydes is 1. The van der Waals surface area contributed by atoms with Crippen molar-refractivity contribution >= 4 is 45.4 Å². The van der Waals surface area contributed by atoms with E-state index in [-0.39, 0.29) is 0 Å². The van der Waals surface area contributed by atoms with E-state index in [4.69, 9.17) is 23.2 Å². The highest BCUT2D eigenvalue weighted by molar-refractivity contribution is 9.10. The minimum atomic E-state index is 0.424. The fourth-order valence-electron chi connectivity index (χ4n) is 2.13. The summed E-state index contributed by atoms with van der Waals surface area (Å²) in [6.07, 6.45) is 0.753. The van der Waals surface area contributed by atoms with Gasteiger partial charge in [0.2, 0.25) is 0 Å². The summed E-state index contributed by atoms with van der Waals surface area (Å²) in [5, 5.41) is 5.53. The summed E-state index contributed by atoms with van der Waals surface area (Å²) in [6.45, 7) is 0. The Morgan fingerprint density at radius 3 is 2.50 bits per heavy atom. The Kier molecular flexibility index (Phi) is 4.34. The van der Waals surface area contributed by atoms with Gasteiger partial charge in [-0.1, -0.05) is 41.4 Å². The first-order chi connectivity index (χ1) is 10.6. The van der Waals surface area contributed by atoms with E-state index in [9.17, 15) is 4.79 Å². The number of halogens is 3. The lowest BCUT2D eigenvalue weighted by Crippen LogP contribution is -1.96. The molecule has 0 atom stereocenters. The molecule has 3 nitrogen and oxygen atoms in total. The predicted molar refractivity (Wildman–Crippen MR) is 92.1 cm³/mol. The van der Waals surface area contributed by atoms with Crippen molar-refractivity contribution in [2.24, 2.45) is 0 Å². The van der Waals surface area contributed by atoms with Crippen LogP contribution in [0, 0.1) is 0 Å². The molecule has 0 saturated heterocycles. The van der Waals surface area contributed by atoms with E-state index in [2.05, 4.69) is 21.0 Å². The molecule has 3 rings (SSSR count). The summed E-state index contributed by atoms with van der Waals surface area (Å²) in [7, 11) is 0. The lowest BCUT2D eigenvalue weighted by Gasteiger charge is -2.03. The third kappa shape index (κ3) is 2.70. The number of hydrogen-bond acceptors (Lipinski definition) is 2. The van der Waals surface area contributed by atoms with Gasteiger partial charge < -0.3 is 0 Å². The topological polar surface area (TPSA) is 34.9 Å². The number of aromatic nitrogens is 2. The maximum absolute atomic E-state index is 11.5. The van der Waals surface area contributed by atoms with Gasteiger partial charge >= 0.3 is 0 Å². The molecule has 0 amide bonds. The van der Waals surface area contributed by atoms with Gasteiger partial charge in [-0.25, -0.2) is 4.68 Å². The summed E-state index contributed by atoms with van der Waals surface area (Å²) < 4.78 is 2.22. The van der Waals surface area contributed by atoms with Gasteiger partial charge in [0.25, 0.3) is 0 Å². The molecule has 0 aliphatic rings. The molecule has 110 valence electrons. The number of benzene rings is 2. The van der Waals surface area contributed by atoms with Crippen LogP contribution in [-0.2, 0) is 0 Å². The normalized spacial score (nSPS) is 10.7. The lowest BCUT2D eigenvalue weighted by atomic mass is 10.1. The van der Waals surface area contributed by atoms with Crippen LogP contribution >= 0.6 is 39.1 Å². The number of carbonyl (C=O) groups is 1. The molecule has 0 N–H and O–H groups in total. The SMILES string of the molecule is O=Cc1c(-c2cc(Cl)ccc2Cl)nn(-c2ccccc2)c1Br. The minimum absolute atomic E-state index is 0.424. The molecule has 0 radical (unpaired) electrons. The average Bonchev–Trinajstić information content (AvgIpc) is 2.87. The zero-order valence-electron chi connectivity index (χ0n) is 11.1. The molecule has 2 aromatic carbocycles. The molecular weight excluding hydrogens is 387 g/mol. The molecule has 0 aliphatic heterocycles. The van der Waals surface area contributed by atoms with Crippen molar-refractivity contribution < 1.29 is 4.79 Å². The van der Waals surface area contributed by atoms with E-state index in [1.54, 1.807) is 22.9 Å². The quantitative estimate of drug-likeness (QED) is 0.555. The van der Waals surface area contributed by atoms with Crippen molar-refractivity contribution in [3.05, 3.63) is 68.7 Å². The van der Waals surface area contributed by atoms with Gasteiger partial charge in [-0.3, -0.25) is 4.79 Å². The summed E-state index contributed by atoms with van der Waals surface area (Å²) in [4.78, 5) is 11.5. The van der Waals surface area contributed by atoms with E-state index in [1.165, 1.54) is 0 Å². The van der Waals surface area contributed by atoms with Gasteiger partial charge in [0, 0.05) is 10.6 Å². The molecule has 0 aliphatic carbocycles. The molecule has 6 heteroatoms. The first-order valence-corrected chi connectivity index (χ1v) is 7.91. The van der Waals surface area contributed by atoms with Crippen LogP contribution in [0.1, 0.15) is 10.4 Å². The summed E-state index contributed by atoms with van der Waals surface area (Å²) >= 11 is 15.7. The van der Waals surface area contributed by atoms with Crippen molar-refractivity contribution in [1.29, 1.82) is 0 Å². The van der Waals surface area contributed by atoms with Gasteiger partial charge in [-0.2, -0.15) is 5.10 Å². The number of carbonyl (C=O) groups excluding carboxylic acids is 1. The van der Waals surface area contributed by atoms with Crippen molar-refractivity contribution in [1.82, 2.24) is 9.78 Å². The van der Waals surface area contributed by atoms with Crippen LogP contribution in [0.5, 0.6) is 0 Å². The monoisotopic (exact) mass is 394 g/mol. The molecule has 1 heterocycles. The Morgan fingerprint density at radius 2 is 1.82 bits per heavy atom. The van der Waals surface area contributed by atoms with E-state index < -0.39 is 0 Å². The van der Waals surface area contributed by atoms with Crippen molar-refractivity contribution in [3.63, 3.8) is 0 Å². The zero-order valence-corrected chi connectivity index (χ0v) is 14.2. The highest BCUT2D eigenvalue weighted by Gasteiger charge is 2.20. The fraction of sp³-hybridized carbons (Fsp3) is 0. The van der Waals surface area contributed by atoms with Gasteiger partial charge in [0.15, 0.2) is 6.29 Å². The Hall–Kier alpha value is -1.62. The Bertz CT molecular complexity index is 847. The fourth-order valence-corrected chi connectivity index (χ4v) is 3.08. The lowest BCUT2D eigenvalue weighted by molar-refractivity contribution is 0.112. The zero-order chi connectivity index (χ0) is 15.7. The number of para-hydroxylation sites is 1. The van der Waals surface area contributed by atoms with Crippen molar-refractivity contribution in [2.75, 3.05) is 0 Å². The second kappa shape index (κ2) is 6.24. The first-order valence-electron chi connectivity index (χ1n) is 6.36. The van der Waals surface area contributed by atoms with E-state index in [1.807, 2.05) is 30.3 Å². The standard InChI is InChI=1S/C16H9BrCl2N2O/c17-16-13(9-22)15(12-8-10(18)6-7-14(12)19)20-21(16)11-4-2-1-3-5-11/h1-9H. The molecular formula is C16H9BrCl2N2O. The van der Waals surface area contributed by atoms with Crippen LogP contribution < -0.4 is 0 Å². The van der Waals surface area contributed by atoms with Gasteiger partial charge in [0.1, 0.15) is 10.3 Å². The smallest absolute Gasteiger partial charge is 0.155 e. The van der Waals surface area contributed by atoms with Crippen LogP contribution in [0.15, 0.2) is 53.1 Å². The molecule has 0 spiro atoms. The highest BCUT2D eigenvalue weighted by Crippen LogP contribution is 2.35. The maximum atomic E-state index is 11.5. The van der Waals surface area contributed by atoms with E-state index >= 15 is 0 Å². The second-order valence-corrected chi connectivity index (χ2v) is 6.14. The molecule has 0 fully saturated rings. The molecule has 0 saturated carbocycles. The largest absolute Gasteiger partial charge is 0.298 e. The minimum Gasteiger partial charge on any atom is -0.298 e. The van der Waals surface area contributed by atoms with E-state index in [0.717, 1.165) is 12.0 Å².